The van der Waals surface area contributed by atoms with E-state index in [0.29, 0.717) is 0 Å². The molecule has 0 spiro atoms. The average molecular weight is 137 g/mol. The molecule has 0 atom stereocenters. The minimum Gasteiger partial charge on any atom is -0.449 e. The highest BCUT2D eigenvalue weighted by atomic mass is 16.3. The first-order valence-corrected chi connectivity index (χ1v) is 3.43. The lowest BCUT2D eigenvalue weighted by Gasteiger charge is -1.89. The molecular formula is C8H11NO. The summed E-state index contributed by atoms with van der Waals surface area (Å²) in [5, 5.41) is 0. The van der Waals surface area contributed by atoms with Crippen LogP contribution < -0.4 is 0 Å². The van der Waals surface area contributed by atoms with Gasteiger partial charge in [-0.3, -0.25) is 0 Å². The SMILES string of the molecule is C=CCCCc1ncco1. The molecule has 2 nitrogen and oxygen atoms in total. The Kier molecular flexibility index (Phi) is 2.74. The van der Waals surface area contributed by atoms with E-state index in [1.54, 1.807) is 12.5 Å². The Hall–Kier alpha value is -1.05. The number of nitrogens with zero attached hydrogens (tertiary/aromatic N) is 1. The molecule has 0 aliphatic heterocycles. The molecule has 0 saturated heterocycles. The maximum atomic E-state index is 5.03. The molecule has 0 amide bonds. The number of hydrogen-bond acceptors (Lipinski definition) is 2. The van der Waals surface area contributed by atoms with Gasteiger partial charge < -0.3 is 4.42 Å². The molecular weight excluding hydrogens is 126 g/mol. The van der Waals surface area contributed by atoms with Gasteiger partial charge in [-0.05, 0) is 12.8 Å². The third-order valence-corrected chi connectivity index (χ3v) is 1.28. The third-order valence-electron chi connectivity index (χ3n) is 1.28. The molecule has 0 aliphatic rings. The lowest BCUT2D eigenvalue weighted by molar-refractivity contribution is 0.488. The first kappa shape index (κ1) is 7.06. The molecule has 1 aromatic rings. The van der Waals surface area contributed by atoms with E-state index in [9.17, 15) is 0 Å². The lowest BCUT2D eigenvalue weighted by atomic mass is 10.2. The van der Waals surface area contributed by atoms with Crippen LogP contribution >= 0.6 is 0 Å². The zero-order valence-corrected chi connectivity index (χ0v) is 5.92. The summed E-state index contributed by atoms with van der Waals surface area (Å²) in [5.41, 5.74) is 0. The maximum absolute atomic E-state index is 5.03. The number of allylic oxidation sites excluding steroid dienone is 1. The molecule has 2 heteroatoms. The van der Waals surface area contributed by atoms with Crippen molar-refractivity contribution < 1.29 is 4.42 Å². The molecule has 0 radical (unpaired) electrons. The monoisotopic (exact) mass is 137 g/mol. The summed E-state index contributed by atoms with van der Waals surface area (Å²) in [7, 11) is 0. The van der Waals surface area contributed by atoms with Gasteiger partial charge in [-0.2, -0.15) is 0 Å². The number of hydrogen-bond donors (Lipinski definition) is 0. The average Bonchev–Trinajstić information content (AvgIpc) is 2.41. The van der Waals surface area contributed by atoms with Gasteiger partial charge in [0.25, 0.3) is 0 Å². The Morgan fingerprint density at radius 2 is 2.60 bits per heavy atom. The van der Waals surface area contributed by atoms with Crippen molar-refractivity contribution in [3.63, 3.8) is 0 Å². The van der Waals surface area contributed by atoms with Crippen LogP contribution in [0.3, 0.4) is 0 Å². The van der Waals surface area contributed by atoms with Crippen molar-refractivity contribution in [3.05, 3.63) is 31.0 Å². The van der Waals surface area contributed by atoms with Crippen molar-refractivity contribution in [2.45, 2.75) is 19.3 Å². The number of aryl methyl sites for hydroxylation is 1. The standard InChI is InChI=1S/C8H11NO/c1-2-3-4-5-8-9-6-7-10-8/h2,6-7H,1,3-5H2. The zero-order chi connectivity index (χ0) is 7.23. The van der Waals surface area contributed by atoms with Gasteiger partial charge in [0.05, 0.1) is 6.20 Å². The first-order valence-electron chi connectivity index (χ1n) is 3.43. The Bertz CT molecular complexity index is 179. The predicted octanol–water partition coefficient (Wildman–Crippen LogP) is 2.18. The van der Waals surface area contributed by atoms with Crippen molar-refractivity contribution in [1.29, 1.82) is 0 Å². The number of rotatable bonds is 4. The van der Waals surface area contributed by atoms with Gasteiger partial charge in [-0.15, -0.1) is 6.58 Å². The Morgan fingerprint density at radius 1 is 1.70 bits per heavy atom. The van der Waals surface area contributed by atoms with Gasteiger partial charge in [-0.1, -0.05) is 6.08 Å². The number of oxazole rings is 1. The van der Waals surface area contributed by atoms with Gasteiger partial charge >= 0.3 is 0 Å². The summed E-state index contributed by atoms with van der Waals surface area (Å²) in [6, 6.07) is 0. The van der Waals surface area contributed by atoms with Crippen molar-refractivity contribution in [3.8, 4) is 0 Å². The van der Waals surface area contributed by atoms with Crippen LogP contribution in [-0.4, -0.2) is 4.98 Å². The number of unbranched alkanes of at least 4 members (excludes halogenated alkanes) is 1. The first-order chi connectivity index (χ1) is 4.93. The molecule has 0 N–H and O–H groups in total. The van der Waals surface area contributed by atoms with Crippen LogP contribution in [0, 0.1) is 0 Å². The van der Waals surface area contributed by atoms with Crippen molar-refractivity contribution in [1.82, 2.24) is 4.98 Å². The largest absolute Gasteiger partial charge is 0.449 e. The Labute approximate surface area is 60.6 Å². The molecule has 10 heavy (non-hydrogen) atoms. The van der Waals surface area contributed by atoms with Crippen LogP contribution in [0.25, 0.3) is 0 Å². The van der Waals surface area contributed by atoms with Gasteiger partial charge in [0.2, 0.25) is 0 Å². The van der Waals surface area contributed by atoms with Crippen LogP contribution in [0.2, 0.25) is 0 Å². The molecule has 1 aromatic heterocycles. The van der Waals surface area contributed by atoms with E-state index in [1.165, 1.54) is 0 Å². The third kappa shape index (κ3) is 2.05. The van der Waals surface area contributed by atoms with Crippen LogP contribution in [-0.2, 0) is 6.42 Å². The van der Waals surface area contributed by atoms with E-state index < -0.39 is 0 Å². The minimum atomic E-state index is 0.821. The van der Waals surface area contributed by atoms with E-state index in [4.69, 9.17) is 4.42 Å². The van der Waals surface area contributed by atoms with Crippen LogP contribution in [0.15, 0.2) is 29.5 Å². The molecule has 1 heterocycles. The summed E-state index contributed by atoms with van der Waals surface area (Å²) >= 11 is 0. The second-order valence-electron chi connectivity index (χ2n) is 2.11. The highest BCUT2D eigenvalue weighted by Gasteiger charge is 1.93. The summed E-state index contributed by atoms with van der Waals surface area (Å²) in [6.45, 7) is 3.63. The molecule has 54 valence electrons. The highest BCUT2D eigenvalue weighted by molar-refractivity contribution is 4.80. The lowest BCUT2D eigenvalue weighted by Crippen LogP contribution is -1.82. The summed E-state index contributed by atoms with van der Waals surface area (Å²) in [6.07, 6.45) is 8.20. The normalized spacial score (nSPS) is 9.60. The molecule has 0 unspecified atom stereocenters. The fraction of sp³-hybridized carbons (Fsp3) is 0.375. The number of aromatic nitrogens is 1. The van der Waals surface area contributed by atoms with E-state index >= 15 is 0 Å². The fourth-order valence-corrected chi connectivity index (χ4v) is 0.774. The predicted molar refractivity (Wildman–Crippen MR) is 39.6 cm³/mol. The van der Waals surface area contributed by atoms with Gasteiger partial charge in [0.15, 0.2) is 5.89 Å². The molecule has 0 fully saturated rings. The quantitative estimate of drug-likeness (QED) is 0.469. The highest BCUT2D eigenvalue weighted by Crippen LogP contribution is 2.01. The van der Waals surface area contributed by atoms with Crippen LogP contribution in [0.1, 0.15) is 18.7 Å². The Morgan fingerprint density at radius 3 is 3.20 bits per heavy atom. The van der Waals surface area contributed by atoms with Crippen LogP contribution in [0.5, 0.6) is 0 Å². The smallest absolute Gasteiger partial charge is 0.193 e. The van der Waals surface area contributed by atoms with Crippen molar-refractivity contribution in [2.75, 3.05) is 0 Å². The summed E-state index contributed by atoms with van der Waals surface area (Å²) < 4.78 is 5.03. The molecule has 0 aromatic carbocycles. The summed E-state index contributed by atoms with van der Waals surface area (Å²) in [4.78, 5) is 3.99. The van der Waals surface area contributed by atoms with Gasteiger partial charge in [0, 0.05) is 6.42 Å². The van der Waals surface area contributed by atoms with Crippen molar-refractivity contribution in [2.24, 2.45) is 0 Å². The molecule has 0 aliphatic carbocycles. The van der Waals surface area contributed by atoms with Crippen LogP contribution in [0.4, 0.5) is 0 Å². The van der Waals surface area contributed by atoms with Gasteiger partial charge in [-0.25, -0.2) is 4.98 Å². The second kappa shape index (κ2) is 3.88. The topological polar surface area (TPSA) is 26.0 Å². The van der Waals surface area contributed by atoms with Crippen molar-refractivity contribution >= 4 is 0 Å². The maximum Gasteiger partial charge on any atom is 0.193 e. The van der Waals surface area contributed by atoms with Gasteiger partial charge in [0.1, 0.15) is 6.26 Å². The fourth-order valence-electron chi connectivity index (χ4n) is 0.774. The minimum absolute atomic E-state index is 0.821. The molecule has 1 rings (SSSR count). The zero-order valence-electron chi connectivity index (χ0n) is 5.92. The van der Waals surface area contributed by atoms with E-state index in [2.05, 4.69) is 11.6 Å². The molecule has 0 saturated carbocycles. The van der Waals surface area contributed by atoms with E-state index in [1.807, 2.05) is 6.08 Å². The summed E-state index contributed by atoms with van der Waals surface area (Å²) in [5.74, 6) is 0.821. The Balaban J connectivity index is 2.21. The van der Waals surface area contributed by atoms with E-state index in [-0.39, 0.29) is 0 Å². The van der Waals surface area contributed by atoms with E-state index in [0.717, 1.165) is 25.2 Å². The molecule has 0 bridgehead atoms. The second-order valence-corrected chi connectivity index (χ2v) is 2.11.